The molecule has 1 amide bonds. The number of amides is 1. The van der Waals surface area contributed by atoms with Crippen molar-refractivity contribution in [3.05, 3.63) is 0 Å². The summed E-state index contributed by atoms with van der Waals surface area (Å²) in [5, 5.41) is 3.42. The van der Waals surface area contributed by atoms with Crippen LogP contribution in [0.15, 0.2) is 0 Å². The van der Waals surface area contributed by atoms with Crippen molar-refractivity contribution in [1.82, 2.24) is 5.32 Å². The minimum atomic E-state index is 0.368. The molecule has 0 spiro atoms. The van der Waals surface area contributed by atoms with Crippen molar-refractivity contribution in [2.24, 2.45) is 29.6 Å². The molecule has 94 valence electrons. The first-order valence-corrected chi connectivity index (χ1v) is 7.60. The Hall–Kier alpha value is -0.530. The van der Waals surface area contributed by atoms with E-state index in [1.807, 2.05) is 0 Å². The molecule has 5 rings (SSSR count). The summed E-state index contributed by atoms with van der Waals surface area (Å²) in [6.07, 6.45) is 10.7. The highest BCUT2D eigenvalue weighted by molar-refractivity contribution is 5.79. The molecule has 0 aromatic carbocycles. The van der Waals surface area contributed by atoms with Crippen molar-refractivity contribution < 1.29 is 4.79 Å². The molecule has 5 fully saturated rings. The molecule has 5 aliphatic carbocycles. The fourth-order valence-corrected chi connectivity index (χ4v) is 5.11. The van der Waals surface area contributed by atoms with Gasteiger partial charge in [-0.15, -0.1) is 0 Å². The average Bonchev–Trinajstić information content (AvgIpc) is 2.19. The molecule has 2 heteroatoms. The van der Waals surface area contributed by atoms with E-state index in [4.69, 9.17) is 0 Å². The summed E-state index contributed by atoms with van der Waals surface area (Å²) in [4.78, 5) is 12.1. The zero-order chi connectivity index (χ0) is 11.4. The van der Waals surface area contributed by atoms with Crippen LogP contribution in [0.2, 0.25) is 0 Å². The van der Waals surface area contributed by atoms with E-state index in [-0.39, 0.29) is 0 Å². The van der Waals surface area contributed by atoms with Gasteiger partial charge in [-0.2, -0.15) is 0 Å². The first kappa shape index (κ1) is 10.4. The fourth-order valence-electron chi connectivity index (χ4n) is 5.11. The van der Waals surface area contributed by atoms with Crippen LogP contribution in [0, 0.1) is 29.6 Å². The third kappa shape index (κ3) is 1.63. The number of carbonyl (C=O) groups is 1. The lowest BCUT2D eigenvalue weighted by Crippen LogP contribution is -2.57. The summed E-state index contributed by atoms with van der Waals surface area (Å²) >= 11 is 0. The van der Waals surface area contributed by atoms with Gasteiger partial charge in [0.1, 0.15) is 0 Å². The number of nitrogens with one attached hydrogen (secondary N) is 1. The molecule has 2 nitrogen and oxygen atoms in total. The lowest BCUT2D eigenvalue weighted by Gasteiger charge is -2.54. The molecule has 5 saturated carbocycles. The van der Waals surface area contributed by atoms with Gasteiger partial charge >= 0.3 is 0 Å². The standard InChI is InChI=1S/C15H23NO/c17-15(11-2-1-3-11)16-14-12-5-9-4-10(7-12)8-13(14)6-9/h9-14H,1-8H2,(H,16,17). The second-order valence-corrected chi connectivity index (χ2v) is 7.09. The highest BCUT2D eigenvalue weighted by Gasteiger charge is 2.48. The van der Waals surface area contributed by atoms with Crippen LogP contribution in [0.4, 0.5) is 0 Å². The Morgan fingerprint density at radius 3 is 1.94 bits per heavy atom. The fraction of sp³-hybridized carbons (Fsp3) is 0.933. The summed E-state index contributed by atoms with van der Waals surface area (Å²) in [7, 11) is 0. The predicted octanol–water partition coefficient (Wildman–Crippen LogP) is 2.73. The predicted molar refractivity (Wildman–Crippen MR) is 66.3 cm³/mol. The molecule has 0 saturated heterocycles. The molecule has 5 aliphatic rings. The molecular formula is C15H23NO. The van der Waals surface area contributed by atoms with Crippen molar-refractivity contribution in [2.75, 3.05) is 0 Å². The maximum absolute atomic E-state index is 12.1. The molecule has 1 N–H and O–H groups in total. The van der Waals surface area contributed by atoms with E-state index in [2.05, 4.69) is 5.32 Å². The minimum absolute atomic E-state index is 0.368. The minimum Gasteiger partial charge on any atom is -0.353 e. The Morgan fingerprint density at radius 1 is 0.882 bits per heavy atom. The van der Waals surface area contributed by atoms with Gasteiger partial charge in [-0.3, -0.25) is 4.79 Å². The number of hydrogen-bond acceptors (Lipinski definition) is 1. The zero-order valence-electron chi connectivity index (χ0n) is 10.5. The van der Waals surface area contributed by atoms with Crippen molar-refractivity contribution in [2.45, 2.75) is 57.4 Å². The lowest BCUT2D eigenvalue weighted by atomic mass is 9.54. The topological polar surface area (TPSA) is 29.1 Å². The maximum Gasteiger partial charge on any atom is 0.223 e. The third-order valence-electron chi connectivity index (χ3n) is 6.01. The summed E-state index contributed by atoms with van der Waals surface area (Å²) in [6, 6.07) is 0.552. The molecule has 0 radical (unpaired) electrons. The molecule has 17 heavy (non-hydrogen) atoms. The normalized spacial score (nSPS) is 47.9. The van der Waals surface area contributed by atoms with E-state index in [0.29, 0.717) is 17.9 Å². The Labute approximate surface area is 104 Å². The maximum atomic E-state index is 12.1. The zero-order valence-corrected chi connectivity index (χ0v) is 10.5. The molecule has 0 aromatic rings. The third-order valence-corrected chi connectivity index (χ3v) is 6.01. The van der Waals surface area contributed by atoms with E-state index in [0.717, 1.165) is 36.5 Å². The van der Waals surface area contributed by atoms with E-state index in [1.165, 1.54) is 38.5 Å². The van der Waals surface area contributed by atoms with Crippen molar-refractivity contribution >= 4 is 5.91 Å². The molecule has 0 aliphatic heterocycles. The summed E-state index contributed by atoms with van der Waals surface area (Å²) < 4.78 is 0. The quantitative estimate of drug-likeness (QED) is 0.780. The van der Waals surface area contributed by atoms with Gasteiger partial charge in [0.25, 0.3) is 0 Å². The first-order valence-electron chi connectivity index (χ1n) is 7.60. The Bertz CT molecular complexity index is 306. The van der Waals surface area contributed by atoms with E-state index in [9.17, 15) is 4.79 Å². The van der Waals surface area contributed by atoms with Gasteiger partial charge in [-0.1, -0.05) is 6.42 Å². The summed E-state index contributed by atoms with van der Waals surface area (Å²) in [6.45, 7) is 0. The van der Waals surface area contributed by atoms with Crippen molar-refractivity contribution in [1.29, 1.82) is 0 Å². The SMILES string of the molecule is O=C(NC1C2CC3CC(C2)CC1C3)C1CCC1. The Morgan fingerprint density at radius 2 is 1.47 bits per heavy atom. The number of rotatable bonds is 2. The Kier molecular flexibility index (Phi) is 2.28. The van der Waals surface area contributed by atoms with E-state index >= 15 is 0 Å². The van der Waals surface area contributed by atoms with Crippen LogP contribution in [-0.4, -0.2) is 11.9 Å². The van der Waals surface area contributed by atoms with Crippen LogP contribution >= 0.6 is 0 Å². The molecule has 4 bridgehead atoms. The van der Waals surface area contributed by atoms with Crippen LogP contribution in [-0.2, 0) is 4.79 Å². The number of carbonyl (C=O) groups excluding carboxylic acids is 1. The van der Waals surface area contributed by atoms with Gasteiger partial charge in [0.2, 0.25) is 5.91 Å². The van der Waals surface area contributed by atoms with Gasteiger partial charge in [0.05, 0.1) is 0 Å². The highest BCUT2D eigenvalue weighted by Crippen LogP contribution is 2.53. The largest absolute Gasteiger partial charge is 0.353 e. The highest BCUT2D eigenvalue weighted by atomic mass is 16.2. The van der Waals surface area contributed by atoms with Crippen LogP contribution < -0.4 is 5.32 Å². The summed E-state index contributed by atoms with van der Waals surface area (Å²) in [5.74, 6) is 4.43. The van der Waals surface area contributed by atoms with E-state index in [1.54, 1.807) is 0 Å². The van der Waals surface area contributed by atoms with Gasteiger partial charge in [0.15, 0.2) is 0 Å². The van der Waals surface area contributed by atoms with Crippen LogP contribution in [0.3, 0.4) is 0 Å². The molecule has 0 heterocycles. The van der Waals surface area contributed by atoms with Crippen LogP contribution in [0.25, 0.3) is 0 Å². The van der Waals surface area contributed by atoms with E-state index < -0.39 is 0 Å². The molecular weight excluding hydrogens is 210 g/mol. The molecule has 0 atom stereocenters. The van der Waals surface area contributed by atoms with Gasteiger partial charge in [-0.05, 0) is 68.6 Å². The first-order chi connectivity index (χ1) is 8.29. The second-order valence-electron chi connectivity index (χ2n) is 7.09. The van der Waals surface area contributed by atoms with Gasteiger partial charge in [0, 0.05) is 12.0 Å². The van der Waals surface area contributed by atoms with Gasteiger partial charge < -0.3 is 5.32 Å². The van der Waals surface area contributed by atoms with Crippen molar-refractivity contribution in [3.63, 3.8) is 0 Å². The second kappa shape index (κ2) is 3.73. The van der Waals surface area contributed by atoms with Gasteiger partial charge in [-0.25, -0.2) is 0 Å². The van der Waals surface area contributed by atoms with Crippen molar-refractivity contribution in [3.8, 4) is 0 Å². The monoisotopic (exact) mass is 233 g/mol. The summed E-state index contributed by atoms with van der Waals surface area (Å²) in [5.41, 5.74) is 0. The van der Waals surface area contributed by atoms with Crippen LogP contribution in [0.5, 0.6) is 0 Å². The van der Waals surface area contributed by atoms with Crippen LogP contribution in [0.1, 0.15) is 51.4 Å². The number of hydrogen-bond donors (Lipinski definition) is 1. The smallest absolute Gasteiger partial charge is 0.223 e. The molecule has 0 aromatic heterocycles. The average molecular weight is 233 g/mol. The lowest BCUT2D eigenvalue weighted by molar-refractivity contribution is -0.131. The molecule has 0 unspecified atom stereocenters. The Balaban J connectivity index is 1.45.